The van der Waals surface area contributed by atoms with Gasteiger partial charge in [0.25, 0.3) is 5.91 Å². The highest BCUT2D eigenvalue weighted by atomic mass is 16.5. The summed E-state index contributed by atoms with van der Waals surface area (Å²) in [4.78, 5) is 14.4. The Bertz CT molecular complexity index is 663. The van der Waals surface area contributed by atoms with Crippen LogP contribution in [0.15, 0.2) is 34.9 Å². The van der Waals surface area contributed by atoms with Crippen LogP contribution in [0.4, 0.5) is 0 Å². The van der Waals surface area contributed by atoms with Crippen LogP contribution in [0.3, 0.4) is 0 Å². The van der Waals surface area contributed by atoms with Crippen LogP contribution >= 0.6 is 0 Å². The molecule has 1 aromatic carbocycles. The van der Waals surface area contributed by atoms with Crippen molar-refractivity contribution < 1.29 is 18.8 Å². The maximum absolute atomic E-state index is 12.1. The Morgan fingerprint density at radius 2 is 2.04 bits per heavy atom. The number of carbonyl (C=O) groups is 1. The molecule has 24 heavy (non-hydrogen) atoms. The smallest absolute Gasteiger partial charge is 0.251 e. The lowest BCUT2D eigenvalue weighted by Crippen LogP contribution is -2.35. The van der Waals surface area contributed by atoms with Crippen molar-refractivity contribution in [1.82, 2.24) is 15.4 Å². The summed E-state index contributed by atoms with van der Waals surface area (Å²) in [5.41, 5.74) is 1.44. The van der Waals surface area contributed by atoms with Crippen LogP contribution in [0.1, 0.15) is 21.8 Å². The van der Waals surface area contributed by atoms with Crippen LogP contribution in [-0.2, 0) is 17.8 Å². The molecule has 1 aromatic heterocycles. The summed E-state index contributed by atoms with van der Waals surface area (Å²) in [6.07, 6.45) is 0. The molecule has 1 N–H and O–H groups in total. The lowest BCUT2D eigenvalue weighted by atomic mass is 10.2. The molecule has 1 saturated heterocycles. The highest BCUT2D eigenvalue weighted by Crippen LogP contribution is 2.12. The molecule has 1 fully saturated rings. The summed E-state index contributed by atoms with van der Waals surface area (Å²) in [7, 11) is 1.59. The van der Waals surface area contributed by atoms with Gasteiger partial charge in [-0.2, -0.15) is 0 Å². The van der Waals surface area contributed by atoms with E-state index in [-0.39, 0.29) is 5.91 Å². The Labute approximate surface area is 140 Å². The normalized spacial score (nSPS) is 15.2. The number of amides is 1. The Balaban J connectivity index is 1.49. The zero-order valence-electron chi connectivity index (χ0n) is 13.7. The highest BCUT2D eigenvalue weighted by Gasteiger charge is 2.14. The number of hydrogen-bond donors (Lipinski definition) is 1. The third kappa shape index (κ3) is 4.33. The Morgan fingerprint density at radius 1 is 1.29 bits per heavy atom. The number of ether oxygens (including phenoxy) is 2. The Hall–Kier alpha value is -2.38. The molecule has 2 heterocycles. The van der Waals surface area contributed by atoms with Crippen molar-refractivity contribution in [1.29, 1.82) is 0 Å². The molecule has 3 rings (SSSR count). The number of nitrogens with zero attached hydrogens (tertiary/aromatic N) is 2. The van der Waals surface area contributed by atoms with Gasteiger partial charge in [-0.15, -0.1) is 0 Å². The molecule has 0 atom stereocenters. The first kappa shape index (κ1) is 16.5. The minimum atomic E-state index is -0.163. The van der Waals surface area contributed by atoms with Gasteiger partial charge < -0.3 is 19.3 Å². The molecular weight excluding hydrogens is 310 g/mol. The monoisotopic (exact) mass is 331 g/mol. The van der Waals surface area contributed by atoms with Gasteiger partial charge in [-0.1, -0.05) is 5.16 Å². The van der Waals surface area contributed by atoms with Crippen molar-refractivity contribution in [3.63, 3.8) is 0 Å². The van der Waals surface area contributed by atoms with Crippen molar-refractivity contribution in [3.05, 3.63) is 47.3 Å². The average molecular weight is 331 g/mol. The van der Waals surface area contributed by atoms with E-state index in [4.69, 9.17) is 14.0 Å². The molecule has 1 amide bonds. The summed E-state index contributed by atoms with van der Waals surface area (Å²) in [6, 6.07) is 8.83. The minimum absolute atomic E-state index is 0.163. The van der Waals surface area contributed by atoms with Crippen molar-refractivity contribution in [2.24, 2.45) is 0 Å². The summed E-state index contributed by atoms with van der Waals surface area (Å²) in [5, 5.41) is 6.88. The molecule has 128 valence electrons. The third-order valence-electron chi connectivity index (χ3n) is 3.87. The van der Waals surface area contributed by atoms with Crippen molar-refractivity contribution in [3.8, 4) is 5.75 Å². The van der Waals surface area contributed by atoms with Gasteiger partial charge in [0.15, 0.2) is 5.76 Å². The van der Waals surface area contributed by atoms with E-state index in [9.17, 15) is 4.79 Å². The number of morpholine rings is 1. The lowest BCUT2D eigenvalue weighted by molar-refractivity contribution is 0.0332. The van der Waals surface area contributed by atoms with Gasteiger partial charge in [-0.05, 0) is 24.3 Å². The zero-order chi connectivity index (χ0) is 16.8. The van der Waals surface area contributed by atoms with Gasteiger partial charge in [0.05, 0.1) is 32.6 Å². The van der Waals surface area contributed by atoms with E-state index in [2.05, 4.69) is 15.4 Å². The second-order valence-corrected chi connectivity index (χ2v) is 5.58. The molecule has 1 aliphatic heterocycles. The second-order valence-electron chi connectivity index (χ2n) is 5.58. The fourth-order valence-corrected chi connectivity index (χ4v) is 2.51. The van der Waals surface area contributed by atoms with Gasteiger partial charge in [0.2, 0.25) is 0 Å². The number of rotatable bonds is 6. The highest BCUT2D eigenvalue weighted by molar-refractivity contribution is 5.94. The number of aromatic nitrogens is 1. The first-order chi connectivity index (χ1) is 11.7. The van der Waals surface area contributed by atoms with Crippen LogP contribution in [-0.4, -0.2) is 49.4 Å². The van der Waals surface area contributed by atoms with Crippen LogP contribution in [0, 0.1) is 0 Å². The quantitative estimate of drug-likeness (QED) is 0.863. The predicted octanol–water partition coefficient (Wildman–Crippen LogP) is 1.45. The first-order valence-electron chi connectivity index (χ1n) is 7.91. The third-order valence-corrected chi connectivity index (χ3v) is 3.87. The largest absolute Gasteiger partial charge is 0.497 e. The van der Waals surface area contributed by atoms with Crippen LogP contribution in [0.25, 0.3) is 0 Å². The van der Waals surface area contributed by atoms with E-state index in [0.29, 0.717) is 17.9 Å². The van der Waals surface area contributed by atoms with E-state index in [1.807, 2.05) is 6.07 Å². The fraction of sp³-hybridized carbons (Fsp3) is 0.412. The maximum atomic E-state index is 12.1. The van der Waals surface area contributed by atoms with Crippen LogP contribution in [0.2, 0.25) is 0 Å². The molecular formula is C17H21N3O4. The lowest BCUT2D eigenvalue weighted by Gasteiger charge is -2.25. The fourth-order valence-electron chi connectivity index (χ4n) is 2.51. The topological polar surface area (TPSA) is 76.8 Å². The average Bonchev–Trinajstić information content (AvgIpc) is 3.08. The van der Waals surface area contributed by atoms with Gasteiger partial charge in [0.1, 0.15) is 5.75 Å². The number of carbonyl (C=O) groups excluding carboxylic acids is 1. The van der Waals surface area contributed by atoms with E-state index < -0.39 is 0 Å². The van der Waals surface area contributed by atoms with Crippen LogP contribution < -0.4 is 10.1 Å². The molecule has 0 saturated carbocycles. The summed E-state index contributed by atoms with van der Waals surface area (Å²) >= 11 is 0. The SMILES string of the molecule is COc1ccc(C(=O)NCc2cc(CN3CCOCC3)no2)cc1. The Morgan fingerprint density at radius 3 is 2.75 bits per heavy atom. The molecule has 7 heteroatoms. The number of nitrogens with one attached hydrogen (secondary N) is 1. The van der Waals surface area contributed by atoms with Gasteiger partial charge >= 0.3 is 0 Å². The van der Waals surface area contributed by atoms with Crippen molar-refractivity contribution >= 4 is 5.91 Å². The maximum Gasteiger partial charge on any atom is 0.251 e. The summed E-state index contributed by atoms with van der Waals surface area (Å²) < 4.78 is 15.7. The molecule has 7 nitrogen and oxygen atoms in total. The standard InChI is InChI=1S/C17H21N3O4/c1-22-15-4-2-13(3-5-15)17(21)18-11-16-10-14(19-24-16)12-20-6-8-23-9-7-20/h2-5,10H,6-9,11-12H2,1H3,(H,18,21). The van der Waals surface area contributed by atoms with Gasteiger partial charge in [-0.3, -0.25) is 9.69 Å². The zero-order valence-corrected chi connectivity index (χ0v) is 13.7. The van der Waals surface area contributed by atoms with Crippen LogP contribution in [0.5, 0.6) is 5.75 Å². The van der Waals surface area contributed by atoms with Crippen molar-refractivity contribution in [2.75, 3.05) is 33.4 Å². The predicted molar refractivity (Wildman–Crippen MR) is 86.8 cm³/mol. The first-order valence-corrected chi connectivity index (χ1v) is 7.91. The summed E-state index contributed by atoms with van der Waals surface area (Å²) in [6.45, 7) is 4.35. The molecule has 0 radical (unpaired) electrons. The van der Waals surface area contributed by atoms with E-state index in [1.165, 1.54) is 0 Å². The number of hydrogen-bond acceptors (Lipinski definition) is 6. The van der Waals surface area contributed by atoms with Gasteiger partial charge in [-0.25, -0.2) is 0 Å². The summed E-state index contributed by atoms with van der Waals surface area (Å²) in [5.74, 6) is 1.19. The van der Waals surface area contributed by atoms with E-state index in [1.54, 1.807) is 31.4 Å². The second kappa shape index (κ2) is 7.94. The number of benzene rings is 1. The molecule has 1 aliphatic rings. The molecule has 0 bridgehead atoms. The van der Waals surface area contributed by atoms with Gasteiger partial charge in [0, 0.05) is 31.3 Å². The Kier molecular flexibility index (Phi) is 5.45. The minimum Gasteiger partial charge on any atom is -0.497 e. The van der Waals surface area contributed by atoms with Crippen molar-refractivity contribution in [2.45, 2.75) is 13.1 Å². The number of methoxy groups -OCH3 is 1. The molecule has 0 unspecified atom stereocenters. The van der Waals surface area contributed by atoms with E-state index in [0.717, 1.165) is 44.3 Å². The molecule has 0 aliphatic carbocycles. The molecule has 0 spiro atoms. The molecule has 2 aromatic rings. The van der Waals surface area contributed by atoms with E-state index >= 15 is 0 Å².